The molecule has 1 amide bonds. The number of H-pyrrole nitrogens is 1. The zero-order valence-electron chi connectivity index (χ0n) is 19.3. The highest BCUT2D eigenvalue weighted by atomic mass is 35.5. The summed E-state index contributed by atoms with van der Waals surface area (Å²) in [6, 6.07) is 11.8. The van der Waals surface area contributed by atoms with Crippen LogP contribution in [0.15, 0.2) is 40.9 Å². The molecule has 0 saturated carbocycles. The van der Waals surface area contributed by atoms with Crippen molar-refractivity contribution in [1.82, 2.24) is 25.4 Å². The van der Waals surface area contributed by atoms with Crippen LogP contribution >= 0.6 is 11.6 Å². The number of pyridine rings is 1. The SMILES string of the molecule is CC(=O)NC1CCN(c2ccc(-c3nc4nc(OC(C)c5cc(O)no5)[nH]c4cc3Cl)cc2)CC1. The number of piperidine rings is 1. The van der Waals surface area contributed by atoms with Gasteiger partial charge in [0, 0.05) is 43.4 Å². The van der Waals surface area contributed by atoms with Crippen LogP contribution in [0.5, 0.6) is 11.9 Å². The lowest BCUT2D eigenvalue weighted by atomic mass is 10.0. The van der Waals surface area contributed by atoms with Crippen LogP contribution in [0.3, 0.4) is 0 Å². The Bertz CT molecular complexity index is 1340. The number of nitrogens with one attached hydrogen (secondary N) is 2. The number of aromatic hydroxyl groups is 1. The van der Waals surface area contributed by atoms with E-state index in [1.54, 1.807) is 19.9 Å². The second kappa shape index (κ2) is 9.46. The maximum Gasteiger partial charge on any atom is 0.296 e. The van der Waals surface area contributed by atoms with E-state index in [0.717, 1.165) is 37.2 Å². The number of imidazole rings is 1. The number of benzene rings is 1. The number of carbonyl (C=O) groups is 1. The zero-order chi connectivity index (χ0) is 24.5. The fourth-order valence-electron chi connectivity index (χ4n) is 4.25. The van der Waals surface area contributed by atoms with Gasteiger partial charge in [-0.05, 0) is 43.1 Å². The van der Waals surface area contributed by atoms with Gasteiger partial charge in [0.1, 0.15) is 0 Å². The average molecular weight is 497 g/mol. The lowest BCUT2D eigenvalue weighted by molar-refractivity contribution is -0.119. The van der Waals surface area contributed by atoms with Crippen LogP contribution in [0.2, 0.25) is 5.02 Å². The predicted molar refractivity (Wildman–Crippen MR) is 131 cm³/mol. The summed E-state index contributed by atoms with van der Waals surface area (Å²) in [4.78, 5) is 25.7. The molecule has 182 valence electrons. The second-order valence-electron chi connectivity index (χ2n) is 8.59. The summed E-state index contributed by atoms with van der Waals surface area (Å²) in [6.07, 6.45) is 1.32. The van der Waals surface area contributed by atoms with Crippen molar-refractivity contribution in [3.8, 4) is 23.1 Å². The molecule has 1 unspecified atom stereocenters. The summed E-state index contributed by atoms with van der Waals surface area (Å²) in [5.74, 6) is 0.182. The summed E-state index contributed by atoms with van der Waals surface area (Å²) in [5.41, 5.74) is 3.73. The van der Waals surface area contributed by atoms with Crippen LogP contribution in [0.4, 0.5) is 5.69 Å². The number of aromatic amines is 1. The number of halogens is 1. The van der Waals surface area contributed by atoms with Gasteiger partial charge in [0.15, 0.2) is 17.5 Å². The van der Waals surface area contributed by atoms with Crippen molar-refractivity contribution < 1.29 is 19.2 Å². The largest absolute Gasteiger partial charge is 0.491 e. The average Bonchev–Trinajstić information content (AvgIpc) is 3.44. The normalized spacial score (nSPS) is 15.3. The molecule has 35 heavy (non-hydrogen) atoms. The molecule has 3 N–H and O–H groups in total. The highest BCUT2D eigenvalue weighted by Gasteiger charge is 2.21. The Hall–Kier alpha value is -3.79. The van der Waals surface area contributed by atoms with Gasteiger partial charge in [-0.1, -0.05) is 23.7 Å². The zero-order valence-corrected chi connectivity index (χ0v) is 20.0. The number of aromatic nitrogens is 4. The van der Waals surface area contributed by atoms with Crippen LogP contribution in [0.25, 0.3) is 22.4 Å². The third-order valence-electron chi connectivity index (χ3n) is 6.02. The molecule has 1 fully saturated rings. The standard InChI is InChI=1S/C24H25ClN6O4/c1-13(20-12-21(33)30-35-20)34-24-27-19-11-18(25)22(28-23(19)29-24)15-3-5-17(6-4-15)31-9-7-16(8-10-31)26-14(2)32/h3-6,11-13,16H,7-10H2,1-2H3,(H,26,32)(H,30,33)(H,27,28,29). The Balaban J connectivity index is 1.30. The summed E-state index contributed by atoms with van der Waals surface area (Å²) in [6.45, 7) is 5.09. The van der Waals surface area contributed by atoms with Gasteiger partial charge in [0.25, 0.3) is 11.9 Å². The first kappa shape index (κ1) is 23.0. The molecule has 0 aliphatic carbocycles. The van der Waals surface area contributed by atoms with Crippen molar-refractivity contribution >= 4 is 34.4 Å². The maximum atomic E-state index is 11.3. The Labute approximate surface area is 206 Å². The smallest absolute Gasteiger partial charge is 0.296 e. The van der Waals surface area contributed by atoms with E-state index < -0.39 is 6.10 Å². The lowest BCUT2D eigenvalue weighted by Gasteiger charge is -2.33. The highest BCUT2D eigenvalue weighted by molar-refractivity contribution is 6.33. The first-order valence-corrected chi connectivity index (χ1v) is 11.7. The summed E-state index contributed by atoms with van der Waals surface area (Å²) in [5, 5.41) is 16.3. The summed E-state index contributed by atoms with van der Waals surface area (Å²) >= 11 is 6.55. The minimum atomic E-state index is -0.519. The number of hydrogen-bond donors (Lipinski definition) is 3. The van der Waals surface area contributed by atoms with E-state index in [1.807, 2.05) is 12.1 Å². The molecule has 5 rings (SSSR count). The quantitative estimate of drug-likeness (QED) is 0.362. The minimum Gasteiger partial charge on any atom is -0.491 e. The number of carbonyl (C=O) groups excluding carboxylic acids is 1. The van der Waals surface area contributed by atoms with Crippen LogP contribution in [0, 0.1) is 0 Å². The maximum absolute atomic E-state index is 11.3. The monoisotopic (exact) mass is 496 g/mol. The Morgan fingerprint density at radius 3 is 2.66 bits per heavy atom. The number of hydrogen-bond acceptors (Lipinski definition) is 8. The first-order chi connectivity index (χ1) is 16.9. The minimum absolute atomic E-state index is 0.0226. The van der Waals surface area contributed by atoms with Crippen molar-refractivity contribution in [3.63, 3.8) is 0 Å². The van der Waals surface area contributed by atoms with Gasteiger partial charge in [-0.25, -0.2) is 4.98 Å². The summed E-state index contributed by atoms with van der Waals surface area (Å²) in [7, 11) is 0. The molecule has 11 heteroatoms. The van der Waals surface area contributed by atoms with Crippen molar-refractivity contribution in [3.05, 3.63) is 47.2 Å². The molecular formula is C24H25ClN6O4. The molecule has 1 atom stereocenters. The highest BCUT2D eigenvalue weighted by Crippen LogP contribution is 2.32. The van der Waals surface area contributed by atoms with Crippen molar-refractivity contribution in [2.45, 2.75) is 38.8 Å². The van der Waals surface area contributed by atoms with E-state index in [-0.39, 0.29) is 23.8 Å². The fourth-order valence-corrected chi connectivity index (χ4v) is 4.51. The van der Waals surface area contributed by atoms with Gasteiger partial charge in [-0.15, -0.1) is 0 Å². The predicted octanol–water partition coefficient (Wildman–Crippen LogP) is 4.22. The van der Waals surface area contributed by atoms with Gasteiger partial charge in [-0.3, -0.25) is 4.79 Å². The van der Waals surface area contributed by atoms with E-state index >= 15 is 0 Å². The van der Waals surface area contributed by atoms with Crippen molar-refractivity contribution in [2.75, 3.05) is 18.0 Å². The molecule has 4 aromatic rings. The number of nitrogens with zero attached hydrogens (tertiary/aromatic N) is 4. The van der Waals surface area contributed by atoms with E-state index in [4.69, 9.17) is 20.9 Å². The molecule has 1 saturated heterocycles. The third kappa shape index (κ3) is 5.02. The Kier molecular flexibility index (Phi) is 6.21. The van der Waals surface area contributed by atoms with Crippen LogP contribution in [0.1, 0.15) is 38.6 Å². The van der Waals surface area contributed by atoms with Gasteiger partial charge < -0.3 is 29.6 Å². The van der Waals surface area contributed by atoms with E-state index in [0.29, 0.717) is 27.6 Å². The van der Waals surface area contributed by atoms with Gasteiger partial charge >= 0.3 is 0 Å². The van der Waals surface area contributed by atoms with Gasteiger partial charge in [0.2, 0.25) is 5.91 Å². The third-order valence-corrected chi connectivity index (χ3v) is 6.31. The topological polar surface area (TPSA) is 129 Å². The van der Waals surface area contributed by atoms with Crippen molar-refractivity contribution in [1.29, 1.82) is 0 Å². The molecule has 0 radical (unpaired) electrons. The lowest BCUT2D eigenvalue weighted by Crippen LogP contribution is -2.44. The van der Waals surface area contributed by atoms with E-state index in [1.165, 1.54) is 6.07 Å². The molecule has 1 aliphatic rings. The molecule has 0 bridgehead atoms. The number of fused-ring (bicyclic) bond motifs is 1. The molecule has 4 heterocycles. The molecule has 0 spiro atoms. The number of anilines is 1. The Morgan fingerprint density at radius 2 is 2.00 bits per heavy atom. The van der Waals surface area contributed by atoms with Crippen molar-refractivity contribution in [2.24, 2.45) is 0 Å². The summed E-state index contributed by atoms with van der Waals surface area (Å²) < 4.78 is 10.8. The molecule has 1 aliphatic heterocycles. The number of amides is 1. The van der Waals surface area contributed by atoms with Gasteiger partial charge in [-0.2, -0.15) is 4.98 Å². The second-order valence-corrected chi connectivity index (χ2v) is 9.00. The van der Waals surface area contributed by atoms with Crippen LogP contribution in [-0.4, -0.2) is 50.3 Å². The molecule has 10 nitrogen and oxygen atoms in total. The fraction of sp³-hybridized carbons (Fsp3) is 0.333. The number of rotatable bonds is 6. The first-order valence-electron chi connectivity index (χ1n) is 11.4. The molecule has 1 aromatic carbocycles. The Morgan fingerprint density at radius 1 is 1.26 bits per heavy atom. The van der Waals surface area contributed by atoms with Crippen LogP contribution in [-0.2, 0) is 4.79 Å². The molecule has 3 aromatic heterocycles. The molecular weight excluding hydrogens is 472 g/mol. The van der Waals surface area contributed by atoms with E-state index in [2.05, 4.69) is 42.5 Å². The van der Waals surface area contributed by atoms with Gasteiger partial charge in [0.05, 0.1) is 16.2 Å². The number of ether oxygens (including phenoxy) is 1. The van der Waals surface area contributed by atoms with E-state index in [9.17, 15) is 9.90 Å². The van der Waals surface area contributed by atoms with Crippen LogP contribution < -0.4 is 15.0 Å².